The number of carbonyl (C=O) groups excluding carboxylic acids is 1. The largest absolute Gasteiger partial charge is 0.497 e. The SMILES string of the molecule is COc1ccc(OC)c(NC(=O)CSCc2cccc(C(F)(F)F)c2)c1. The maximum Gasteiger partial charge on any atom is 0.416 e. The van der Waals surface area contributed by atoms with Crippen molar-refractivity contribution in [3.63, 3.8) is 0 Å². The number of hydrogen-bond acceptors (Lipinski definition) is 4. The lowest BCUT2D eigenvalue weighted by molar-refractivity contribution is -0.137. The van der Waals surface area contributed by atoms with E-state index in [1.54, 1.807) is 24.3 Å². The Morgan fingerprint density at radius 2 is 1.88 bits per heavy atom. The molecule has 4 nitrogen and oxygen atoms in total. The first-order valence-electron chi connectivity index (χ1n) is 7.59. The van der Waals surface area contributed by atoms with Gasteiger partial charge in [-0.15, -0.1) is 11.8 Å². The number of anilines is 1. The van der Waals surface area contributed by atoms with E-state index in [2.05, 4.69) is 5.32 Å². The van der Waals surface area contributed by atoms with Crippen molar-refractivity contribution in [2.75, 3.05) is 25.3 Å². The summed E-state index contributed by atoms with van der Waals surface area (Å²) in [6.45, 7) is 0. The minimum Gasteiger partial charge on any atom is -0.497 e. The molecule has 0 radical (unpaired) electrons. The van der Waals surface area contributed by atoms with Crippen LogP contribution in [0.5, 0.6) is 11.5 Å². The highest BCUT2D eigenvalue weighted by atomic mass is 32.2. The molecule has 0 aliphatic heterocycles. The van der Waals surface area contributed by atoms with Crippen LogP contribution < -0.4 is 14.8 Å². The molecule has 0 bridgehead atoms. The summed E-state index contributed by atoms with van der Waals surface area (Å²) in [4.78, 5) is 12.1. The molecular formula is C18H18F3NO3S. The quantitative estimate of drug-likeness (QED) is 0.757. The topological polar surface area (TPSA) is 47.6 Å². The summed E-state index contributed by atoms with van der Waals surface area (Å²) < 4.78 is 48.4. The van der Waals surface area contributed by atoms with Crippen molar-refractivity contribution in [2.45, 2.75) is 11.9 Å². The van der Waals surface area contributed by atoms with E-state index in [0.29, 0.717) is 28.5 Å². The summed E-state index contributed by atoms with van der Waals surface area (Å²) in [7, 11) is 3.00. The second-order valence-electron chi connectivity index (χ2n) is 5.31. The zero-order valence-corrected chi connectivity index (χ0v) is 15.0. The van der Waals surface area contributed by atoms with Gasteiger partial charge in [0, 0.05) is 11.8 Å². The number of ether oxygens (including phenoxy) is 2. The Kier molecular flexibility index (Phi) is 6.79. The number of nitrogens with one attached hydrogen (secondary N) is 1. The summed E-state index contributed by atoms with van der Waals surface area (Å²) >= 11 is 1.22. The van der Waals surface area contributed by atoms with E-state index in [4.69, 9.17) is 9.47 Å². The molecule has 1 N–H and O–H groups in total. The van der Waals surface area contributed by atoms with Gasteiger partial charge < -0.3 is 14.8 Å². The zero-order valence-electron chi connectivity index (χ0n) is 14.2. The van der Waals surface area contributed by atoms with Crippen LogP contribution in [0.25, 0.3) is 0 Å². The van der Waals surface area contributed by atoms with E-state index in [9.17, 15) is 18.0 Å². The van der Waals surface area contributed by atoms with E-state index < -0.39 is 11.7 Å². The van der Waals surface area contributed by atoms with E-state index in [1.807, 2.05) is 0 Å². The Morgan fingerprint density at radius 1 is 1.12 bits per heavy atom. The van der Waals surface area contributed by atoms with E-state index in [0.717, 1.165) is 12.1 Å². The highest BCUT2D eigenvalue weighted by molar-refractivity contribution is 7.99. The molecule has 0 saturated carbocycles. The maximum atomic E-state index is 12.7. The first-order chi connectivity index (χ1) is 12.3. The molecule has 0 heterocycles. The van der Waals surface area contributed by atoms with Crippen LogP contribution in [0.3, 0.4) is 0 Å². The smallest absolute Gasteiger partial charge is 0.416 e. The molecule has 26 heavy (non-hydrogen) atoms. The van der Waals surface area contributed by atoms with Crippen molar-refractivity contribution < 1.29 is 27.4 Å². The van der Waals surface area contributed by atoms with Gasteiger partial charge in [0.15, 0.2) is 0 Å². The molecule has 8 heteroatoms. The Hall–Kier alpha value is -2.35. The van der Waals surface area contributed by atoms with Crippen molar-refractivity contribution in [3.8, 4) is 11.5 Å². The summed E-state index contributed by atoms with van der Waals surface area (Å²) in [6.07, 6.45) is -4.37. The van der Waals surface area contributed by atoms with Gasteiger partial charge in [-0.25, -0.2) is 0 Å². The van der Waals surface area contributed by atoms with Crippen LogP contribution in [0.2, 0.25) is 0 Å². The normalized spacial score (nSPS) is 11.1. The van der Waals surface area contributed by atoms with Gasteiger partial charge in [0.25, 0.3) is 0 Å². The molecule has 140 valence electrons. The van der Waals surface area contributed by atoms with Crippen LogP contribution in [-0.2, 0) is 16.7 Å². The number of hydrogen-bond donors (Lipinski definition) is 1. The van der Waals surface area contributed by atoms with Gasteiger partial charge in [0.2, 0.25) is 5.91 Å². The molecule has 0 spiro atoms. The van der Waals surface area contributed by atoms with Crippen LogP contribution >= 0.6 is 11.8 Å². The fraction of sp³-hybridized carbons (Fsp3) is 0.278. The minimum atomic E-state index is -4.37. The number of alkyl halides is 3. The minimum absolute atomic E-state index is 0.0939. The van der Waals surface area contributed by atoms with Crippen LogP contribution in [0.15, 0.2) is 42.5 Å². The summed E-state index contributed by atoms with van der Waals surface area (Å²) in [5.41, 5.74) is 0.286. The molecule has 0 fully saturated rings. The van der Waals surface area contributed by atoms with E-state index in [1.165, 1.54) is 32.0 Å². The number of rotatable bonds is 7. The third-order valence-corrected chi connectivity index (χ3v) is 4.44. The summed E-state index contributed by atoms with van der Waals surface area (Å²) in [5.74, 6) is 1.16. The first kappa shape index (κ1) is 20.0. The highest BCUT2D eigenvalue weighted by Gasteiger charge is 2.30. The van der Waals surface area contributed by atoms with Crippen LogP contribution in [0.4, 0.5) is 18.9 Å². The van der Waals surface area contributed by atoms with Gasteiger partial charge in [0.1, 0.15) is 11.5 Å². The molecule has 0 aromatic heterocycles. The van der Waals surface area contributed by atoms with Crippen molar-refractivity contribution in [1.29, 1.82) is 0 Å². The summed E-state index contributed by atoms with van der Waals surface area (Å²) in [6, 6.07) is 10.1. The maximum absolute atomic E-state index is 12.7. The standard InChI is InChI=1S/C18H18F3NO3S/c1-24-14-6-7-16(25-2)15(9-14)22-17(23)11-26-10-12-4-3-5-13(8-12)18(19,20)21/h3-9H,10-11H2,1-2H3,(H,22,23). The van der Waals surface area contributed by atoms with Gasteiger partial charge in [-0.2, -0.15) is 13.2 Å². The van der Waals surface area contributed by atoms with Gasteiger partial charge >= 0.3 is 6.18 Å². The predicted octanol–water partition coefficient (Wildman–Crippen LogP) is 4.59. The molecule has 1 amide bonds. The van der Waals surface area contributed by atoms with Gasteiger partial charge in [-0.3, -0.25) is 4.79 Å². The molecule has 0 unspecified atom stereocenters. The second-order valence-corrected chi connectivity index (χ2v) is 6.29. The Labute approximate surface area is 153 Å². The Bertz CT molecular complexity index is 766. The third kappa shape index (κ3) is 5.59. The first-order valence-corrected chi connectivity index (χ1v) is 8.74. The molecule has 0 saturated heterocycles. The zero-order chi connectivity index (χ0) is 19.2. The predicted molar refractivity (Wildman–Crippen MR) is 95.8 cm³/mol. The lowest BCUT2D eigenvalue weighted by Gasteiger charge is -2.12. The second kappa shape index (κ2) is 8.84. The number of halogens is 3. The number of benzene rings is 2. The van der Waals surface area contributed by atoms with Crippen molar-refractivity contribution in [3.05, 3.63) is 53.6 Å². The van der Waals surface area contributed by atoms with Crippen molar-refractivity contribution in [1.82, 2.24) is 0 Å². The fourth-order valence-electron chi connectivity index (χ4n) is 2.20. The van der Waals surface area contributed by atoms with Crippen LogP contribution in [0, 0.1) is 0 Å². The Balaban J connectivity index is 1.92. The van der Waals surface area contributed by atoms with Crippen molar-refractivity contribution in [2.24, 2.45) is 0 Å². The van der Waals surface area contributed by atoms with E-state index >= 15 is 0 Å². The average molecular weight is 385 g/mol. The molecule has 0 atom stereocenters. The highest BCUT2D eigenvalue weighted by Crippen LogP contribution is 2.31. The molecule has 0 aliphatic carbocycles. The van der Waals surface area contributed by atoms with Gasteiger partial charge in [-0.05, 0) is 23.8 Å². The monoisotopic (exact) mass is 385 g/mol. The Morgan fingerprint density at radius 3 is 2.54 bits per heavy atom. The van der Waals surface area contributed by atoms with Crippen LogP contribution in [-0.4, -0.2) is 25.9 Å². The van der Waals surface area contributed by atoms with E-state index in [-0.39, 0.29) is 11.7 Å². The van der Waals surface area contributed by atoms with Crippen LogP contribution in [0.1, 0.15) is 11.1 Å². The molecule has 2 aromatic rings. The van der Waals surface area contributed by atoms with Gasteiger partial charge in [-0.1, -0.05) is 18.2 Å². The summed E-state index contributed by atoms with van der Waals surface area (Å²) in [5, 5.41) is 2.71. The third-order valence-electron chi connectivity index (χ3n) is 3.44. The van der Waals surface area contributed by atoms with Crippen molar-refractivity contribution >= 4 is 23.4 Å². The average Bonchev–Trinajstić information content (AvgIpc) is 2.61. The fourth-order valence-corrected chi connectivity index (χ4v) is 2.97. The molecule has 0 aliphatic rings. The molecule has 2 aromatic carbocycles. The number of amides is 1. The molecular weight excluding hydrogens is 367 g/mol. The lowest BCUT2D eigenvalue weighted by atomic mass is 10.1. The molecule has 2 rings (SSSR count). The number of carbonyl (C=O) groups is 1. The number of thioether (sulfide) groups is 1. The number of methoxy groups -OCH3 is 2. The van der Waals surface area contributed by atoms with Gasteiger partial charge in [0.05, 0.1) is 31.2 Å². The lowest BCUT2D eigenvalue weighted by Crippen LogP contribution is -2.15.